The van der Waals surface area contributed by atoms with Crippen molar-refractivity contribution in [3.05, 3.63) is 140 Å². The quantitative estimate of drug-likeness (QED) is 0.0185. The van der Waals surface area contributed by atoms with Crippen LogP contribution in [0.2, 0.25) is 0 Å². The molecule has 6 rings (SSSR count). The molecule has 24 heteroatoms. The van der Waals surface area contributed by atoms with E-state index < -0.39 is 51.5 Å². The first-order valence-corrected chi connectivity index (χ1v) is 29.4. The highest BCUT2D eigenvalue weighted by molar-refractivity contribution is 9.14. The van der Waals surface area contributed by atoms with Gasteiger partial charge in [-0.25, -0.2) is 22.8 Å². The summed E-state index contributed by atoms with van der Waals surface area (Å²) in [5, 5.41) is 11.2. The Bertz CT molecular complexity index is 3150. The van der Waals surface area contributed by atoms with Crippen molar-refractivity contribution in [2.75, 3.05) is 58.0 Å². The van der Waals surface area contributed by atoms with Gasteiger partial charge in [0, 0.05) is 65.9 Å². The summed E-state index contributed by atoms with van der Waals surface area (Å²) in [5.74, 6) is -3.03. The molecule has 0 spiro atoms. The van der Waals surface area contributed by atoms with Gasteiger partial charge in [-0.15, -0.1) is 0 Å². The summed E-state index contributed by atoms with van der Waals surface area (Å²) in [7, 11) is -3.65. The molecule has 2 atom stereocenters. The number of carbonyl (C=O) groups excluding carboxylic acids is 7. The second-order valence-electron chi connectivity index (χ2n) is 19.5. The average Bonchev–Trinajstić information content (AvgIpc) is 4.07. The topological polar surface area (TPSA) is 289 Å². The Balaban J connectivity index is 0.925. The predicted molar refractivity (Wildman–Crippen MR) is 306 cm³/mol. The second-order valence-corrected chi connectivity index (χ2v) is 23.1. The number of imide groups is 1. The van der Waals surface area contributed by atoms with Crippen LogP contribution in [0, 0.1) is 25.7 Å². The smallest absolute Gasteiger partial charge is 0.312 e. The fraction of sp³-hybridized carbons (Fsp3) is 0.386. The number of sulfone groups is 1. The first-order chi connectivity index (χ1) is 38.7. The Morgan fingerprint density at radius 2 is 1.44 bits per heavy atom. The lowest BCUT2D eigenvalue weighted by Crippen LogP contribution is -2.45. The van der Waals surface area contributed by atoms with E-state index >= 15 is 0 Å². The molecule has 3 aromatic carbocycles. The van der Waals surface area contributed by atoms with Crippen molar-refractivity contribution in [2.24, 2.45) is 17.6 Å². The maximum absolute atomic E-state index is 13.8. The molecular formula is C57H67Br2N8O13S+. The molecule has 0 unspecified atom stereocenters. The molecule has 5 aromatic rings. The Morgan fingerprint density at radius 3 is 2.09 bits per heavy atom. The molecule has 2 aromatic heterocycles. The number of Topliss-reactive ketones (excluding diaryl/α,β-unsaturated/α-hetero) is 1. The monoisotopic (exact) mass is 1260 g/mol. The molecule has 1 aliphatic rings. The number of hydrogen-bond acceptors (Lipinski definition) is 14. The van der Waals surface area contributed by atoms with Crippen molar-refractivity contribution >= 4 is 88.7 Å². The van der Waals surface area contributed by atoms with Crippen molar-refractivity contribution in [1.82, 2.24) is 25.8 Å². The van der Waals surface area contributed by atoms with Gasteiger partial charge in [-0.05, 0) is 119 Å². The van der Waals surface area contributed by atoms with Crippen LogP contribution in [-0.2, 0) is 66.9 Å². The average molecular weight is 1260 g/mol. The lowest BCUT2D eigenvalue weighted by Gasteiger charge is -2.24. The van der Waals surface area contributed by atoms with Gasteiger partial charge in [-0.1, -0.05) is 43.7 Å². The Hall–Kier alpha value is -6.96. The molecule has 0 saturated heterocycles. The Labute approximate surface area is 487 Å². The van der Waals surface area contributed by atoms with E-state index in [1.54, 1.807) is 81.4 Å². The minimum atomic E-state index is -3.65. The number of ketones is 1. The number of amides is 7. The van der Waals surface area contributed by atoms with Crippen molar-refractivity contribution in [3.63, 3.8) is 0 Å². The molecule has 3 heterocycles. The highest BCUT2D eigenvalue weighted by atomic mass is 79.9. The van der Waals surface area contributed by atoms with Crippen LogP contribution >= 0.6 is 31.9 Å². The van der Waals surface area contributed by atoms with Crippen LogP contribution in [0.15, 0.2) is 116 Å². The van der Waals surface area contributed by atoms with Crippen molar-refractivity contribution in [3.8, 4) is 11.5 Å². The molecule has 6 N–H and O–H groups in total. The molecule has 432 valence electrons. The van der Waals surface area contributed by atoms with Crippen molar-refractivity contribution in [1.29, 1.82) is 0 Å². The number of ether oxygens (including phenoxy) is 3. The summed E-state index contributed by atoms with van der Waals surface area (Å²) >= 11 is 6.16. The third-order valence-electron chi connectivity index (χ3n) is 12.9. The van der Waals surface area contributed by atoms with Crippen molar-refractivity contribution < 1.29 is 65.2 Å². The zero-order valence-corrected chi connectivity index (χ0v) is 49.5. The van der Waals surface area contributed by atoms with Gasteiger partial charge in [0.15, 0.2) is 34.6 Å². The number of rotatable bonds is 32. The molecule has 81 heavy (non-hydrogen) atoms. The van der Waals surface area contributed by atoms with E-state index in [4.69, 9.17) is 24.4 Å². The number of pyridine rings is 1. The van der Waals surface area contributed by atoms with Gasteiger partial charge >= 0.3 is 6.03 Å². The number of nitrogens with one attached hydrogen (secondary N) is 4. The molecule has 21 nitrogen and oxygen atoms in total. The molecule has 0 bridgehead atoms. The lowest BCUT2D eigenvalue weighted by atomic mass is 9.89. The summed E-state index contributed by atoms with van der Waals surface area (Å²) in [5.41, 5.74) is 9.79. The standard InChI is InChI=1S/C57H66Br2N8O13S/c1-36(2)51(65-48(69)21-25-77-27-29-79-30-28-78-26-24-67-55(72)49(58)50(59)56(67)73)47(68)31-43(8-5-22-61-57(60)74)53(71)63-44-17-11-39(12-18-44)33-66-23-6-7-40(34-66)32-62-52(70)41-13-15-42(16-14-41)54-64-46(38(4)80-54)35-81(75,76)45-19-9-37(3)10-20-45/h6-7,9-20,23,34,36,43,51H,5,8,21-22,24-33,35H2,1-4H3,(H5-,60,61,62,63,65,69,70,71,74)/p+1/t43-,51+/m1/s1. The van der Waals surface area contributed by atoms with Crippen molar-refractivity contribution in [2.45, 2.75) is 83.2 Å². The van der Waals surface area contributed by atoms with Gasteiger partial charge in [0.25, 0.3) is 17.7 Å². The number of primary amides is 1. The van der Waals surface area contributed by atoms with Gasteiger partial charge in [0.05, 0.1) is 62.8 Å². The summed E-state index contributed by atoms with van der Waals surface area (Å²) in [6.07, 6.45) is 4.25. The van der Waals surface area contributed by atoms with Gasteiger partial charge in [-0.2, -0.15) is 0 Å². The summed E-state index contributed by atoms with van der Waals surface area (Å²) < 4.78 is 50.8. The van der Waals surface area contributed by atoms with Crippen LogP contribution in [0.3, 0.4) is 0 Å². The highest BCUT2D eigenvalue weighted by Crippen LogP contribution is 2.29. The second kappa shape index (κ2) is 30.7. The van der Waals surface area contributed by atoms with Crippen LogP contribution in [-0.4, -0.2) is 118 Å². The highest BCUT2D eigenvalue weighted by Gasteiger charge is 2.35. The van der Waals surface area contributed by atoms with Crippen LogP contribution in [0.25, 0.3) is 11.5 Å². The van der Waals surface area contributed by atoms with Gasteiger partial charge in [-0.3, -0.25) is 33.7 Å². The number of carbonyl (C=O) groups is 7. The summed E-state index contributed by atoms with van der Waals surface area (Å²) in [4.78, 5) is 95.0. The third-order valence-corrected chi connectivity index (χ3v) is 16.5. The van der Waals surface area contributed by atoms with E-state index in [2.05, 4.69) is 58.1 Å². The molecule has 0 radical (unpaired) electrons. The predicted octanol–water partition coefficient (Wildman–Crippen LogP) is 6.11. The van der Waals surface area contributed by atoms with E-state index in [0.717, 1.165) is 21.6 Å². The summed E-state index contributed by atoms with van der Waals surface area (Å²) in [6, 6.07) is 22.8. The van der Waals surface area contributed by atoms with E-state index in [1.807, 2.05) is 48.1 Å². The fourth-order valence-electron chi connectivity index (χ4n) is 8.37. The molecule has 0 saturated carbocycles. The van der Waals surface area contributed by atoms with E-state index in [0.29, 0.717) is 41.2 Å². The number of nitrogens with zero attached hydrogens (tertiary/aromatic N) is 3. The molecule has 0 aliphatic carbocycles. The van der Waals surface area contributed by atoms with E-state index in [-0.39, 0.29) is 122 Å². The van der Waals surface area contributed by atoms with Gasteiger partial charge < -0.3 is 45.6 Å². The fourth-order valence-corrected chi connectivity index (χ4v) is 10.5. The molecular weight excluding hydrogens is 1200 g/mol. The largest absolute Gasteiger partial charge is 0.441 e. The van der Waals surface area contributed by atoms with Crippen LogP contribution in [0.1, 0.15) is 78.0 Å². The maximum atomic E-state index is 13.8. The molecule has 0 fully saturated rings. The minimum Gasteiger partial charge on any atom is -0.441 e. The van der Waals surface area contributed by atoms with Gasteiger partial charge in [0.2, 0.25) is 17.7 Å². The Kier molecular flexibility index (Phi) is 24.0. The van der Waals surface area contributed by atoms with Crippen LogP contribution in [0.4, 0.5) is 10.5 Å². The van der Waals surface area contributed by atoms with E-state index in [1.165, 1.54) is 0 Å². The number of oxazole rings is 1. The minimum absolute atomic E-state index is 0.0161. The van der Waals surface area contributed by atoms with E-state index in [9.17, 15) is 42.0 Å². The normalized spacial score (nSPS) is 13.3. The van der Waals surface area contributed by atoms with Crippen LogP contribution < -0.4 is 31.6 Å². The first-order valence-electron chi connectivity index (χ1n) is 26.2. The number of nitrogens with two attached hydrogens (primary N) is 1. The zero-order chi connectivity index (χ0) is 58.6. The van der Waals surface area contributed by atoms with Gasteiger partial charge in [0.1, 0.15) is 20.5 Å². The maximum Gasteiger partial charge on any atom is 0.312 e. The molecule has 1 aliphatic heterocycles. The SMILES string of the molecule is Cc1ccc(S(=O)(=O)Cc2nc(-c3ccc(C(=O)NCc4ccc[n+](Cc5ccc(NC(=O)[C@H](CCCNC(N)=O)CC(=O)[C@@H](NC(=O)CCOCCOCCOCCN6C(=O)C(Br)=C(Br)C6=O)C(C)C)cc5)c4)cc3)oc2C)cc1. The Morgan fingerprint density at radius 1 is 0.802 bits per heavy atom. The molecule has 7 amide bonds. The number of hydrogen-bond donors (Lipinski definition) is 5. The zero-order valence-electron chi connectivity index (χ0n) is 45.5. The number of halogens is 2. The number of aryl methyl sites for hydroxylation is 2. The van der Waals surface area contributed by atoms with Crippen LogP contribution in [0.5, 0.6) is 0 Å². The third kappa shape index (κ3) is 19.3. The number of urea groups is 1. The summed E-state index contributed by atoms with van der Waals surface area (Å²) in [6.45, 7) is 9.32. The first kappa shape index (κ1) is 63.2. The lowest BCUT2D eigenvalue weighted by molar-refractivity contribution is -0.688. The number of aromatic nitrogens is 2. The number of benzene rings is 3. The number of anilines is 1.